The number of carbonyl (C=O) groups excluding carboxylic acids is 1. The largest absolute Gasteiger partial charge is 0.377 e. The third kappa shape index (κ3) is 5.79. The van der Waals surface area contributed by atoms with Crippen LogP contribution in [0.15, 0.2) is 29.3 Å². The maximum Gasteiger partial charge on any atom is 0.251 e. The molecule has 1 unspecified atom stereocenters. The number of benzene rings is 1. The number of hydrogen-bond acceptors (Lipinski definition) is 5. The zero-order valence-electron chi connectivity index (χ0n) is 17.9. The molecule has 1 aromatic heterocycles. The maximum atomic E-state index is 12.1. The molecule has 1 aliphatic rings. The van der Waals surface area contributed by atoms with Gasteiger partial charge >= 0.3 is 0 Å². The van der Waals surface area contributed by atoms with Gasteiger partial charge in [0.15, 0.2) is 11.8 Å². The highest BCUT2D eigenvalue weighted by molar-refractivity contribution is 5.94. The van der Waals surface area contributed by atoms with Crippen LogP contribution >= 0.6 is 0 Å². The number of fused-ring (bicyclic) bond motifs is 1. The Bertz CT molecular complexity index is 878. The van der Waals surface area contributed by atoms with E-state index in [1.165, 1.54) is 0 Å². The van der Waals surface area contributed by atoms with Crippen molar-refractivity contribution in [2.24, 2.45) is 4.99 Å². The predicted octanol–water partition coefficient (Wildman–Crippen LogP) is 1.24. The van der Waals surface area contributed by atoms with E-state index in [0.717, 1.165) is 49.1 Å². The number of aryl methyl sites for hydroxylation is 1. The molecule has 2 aromatic rings. The summed E-state index contributed by atoms with van der Waals surface area (Å²) in [6.07, 6.45) is 1.82. The molecule has 1 amide bonds. The van der Waals surface area contributed by atoms with Crippen molar-refractivity contribution >= 4 is 11.9 Å². The molecule has 0 radical (unpaired) electrons. The van der Waals surface area contributed by atoms with Gasteiger partial charge in [0.2, 0.25) is 0 Å². The van der Waals surface area contributed by atoms with Crippen molar-refractivity contribution in [3.05, 3.63) is 47.0 Å². The second-order valence-corrected chi connectivity index (χ2v) is 7.19. The lowest BCUT2D eigenvalue weighted by atomic mass is 10.1. The van der Waals surface area contributed by atoms with Crippen molar-refractivity contribution in [1.82, 2.24) is 30.7 Å². The van der Waals surface area contributed by atoms with Crippen molar-refractivity contribution in [3.63, 3.8) is 0 Å². The van der Waals surface area contributed by atoms with Gasteiger partial charge < -0.3 is 20.7 Å². The number of aromatic nitrogens is 3. The second-order valence-electron chi connectivity index (χ2n) is 7.19. The fraction of sp³-hybridized carbons (Fsp3) is 0.524. The van der Waals surface area contributed by atoms with E-state index in [1.54, 1.807) is 7.11 Å². The third-order valence-corrected chi connectivity index (χ3v) is 4.81. The van der Waals surface area contributed by atoms with Gasteiger partial charge in [0, 0.05) is 38.2 Å². The predicted molar refractivity (Wildman–Crippen MR) is 115 cm³/mol. The summed E-state index contributed by atoms with van der Waals surface area (Å²) in [7, 11) is 1.65. The van der Waals surface area contributed by atoms with E-state index < -0.39 is 0 Å². The van der Waals surface area contributed by atoms with Gasteiger partial charge in [-0.05, 0) is 38.0 Å². The van der Waals surface area contributed by atoms with Crippen LogP contribution in [-0.4, -0.2) is 52.9 Å². The summed E-state index contributed by atoms with van der Waals surface area (Å²) in [6, 6.07) is 7.79. The van der Waals surface area contributed by atoms with Gasteiger partial charge in [-0.1, -0.05) is 12.1 Å². The first-order valence-corrected chi connectivity index (χ1v) is 10.5. The number of rotatable bonds is 8. The van der Waals surface area contributed by atoms with Crippen LogP contribution in [-0.2, 0) is 30.9 Å². The highest BCUT2D eigenvalue weighted by Gasteiger charge is 2.22. The van der Waals surface area contributed by atoms with Crippen LogP contribution in [0, 0.1) is 0 Å². The Kier molecular flexibility index (Phi) is 7.78. The van der Waals surface area contributed by atoms with Crippen LogP contribution < -0.4 is 16.0 Å². The molecule has 9 nitrogen and oxygen atoms in total. The van der Waals surface area contributed by atoms with Gasteiger partial charge in [-0.3, -0.25) is 4.79 Å². The second kappa shape index (κ2) is 10.7. The third-order valence-electron chi connectivity index (χ3n) is 4.81. The number of amides is 1. The first kappa shape index (κ1) is 21.8. The molecule has 0 spiro atoms. The maximum absolute atomic E-state index is 12.1. The number of hydrogen-bond donors (Lipinski definition) is 3. The van der Waals surface area contributed by atoms with E-state index in [9.17, 15) is 4.79 Å². The number of ether oxygens (including phenoxy) is 1. The SMILES string of the molecule is CCNC(=O)c1cccc(CN=C(NCC)NC2CCc3nc(COC)nn3C2)c1. The van der Waals surface area contributed by atoms with E-state index in [-0.39, 0.29) is 11.9 Å². The smallest absolute Gasteiger partial charge is 0.251 e. The van der Waals surface area contributed by atoms with Crippen molar-refractivity contribution in [2.75, 3.05) is 20.2 Å². The van der Waals surface area contributed by atoms with Crippen LogP contribution in [0.25, 0.3) is 0 Å². The Morgan fingerprint density at radius 3 is 2.90 bits per heavy atom. The highest BCUT2D eigenvalue weighted by Crippen LogP contribution is 2.14. The molecule has 1 atom stereocenters. The molecular weight excluding hydrogens is 382 g/mol. The Balaban J connectivity index is 1.63. The van der Waals surface area contributed by atoms with Gasteiger partial charge in [-0.25, -0.2) is 14.7 Å². The molecule has 30 heavy (non-hydrogen) atoms. The fourth-order valence-electron chi connectivity index (χ4n) is 3.43. The van der Waals surface area contributed by atoms with Crippen molar-refractivity contribution in [1.29, 1.82) is 0 Å². The molecule has 3 N–H and O–H groups in total. The average Bonchev–Trinajstić information content (AvgIpc) is 3.14. The van der Waals surface area contributed by atoms with E-state index in [1.807, 2.05) is 42.8 Å². The first-order valence-electron chi connectivity index (χ1n) is 10.5. The molecule has 0 bridgehead atoms. The molecule has 2 heterocycles. The summed E-state index contributed by atoms with van der Waals surface area (Å²) in [5.41, 5.74) is 1.64. The molecule has 1 aromatic carbocycles. The number of nitrogens with one attached hydrogen (secondary N) is 3. The van der Waals surface area contributed by atoms with Crippen LogP contribution in [0.1, 0.15) is 47.8 Å². The van der Waals surface area contributed by atoms with Gasteiger partial charge in [0.05, 0.1) is 13.1 Å². The summed E-state index contributed by atoms with van der Waals surface area (Å²) >= 11 is 0. The summed E-state index contributed by atoms with van der Waals surface area (Å²) in [6.45, 7) is 6.98. The minimum Gasteiger partial charge on any atom is -0.377 e. The van der Waals surface area contributed by atoms with Gasteiger partial charge in [-0.2, -0.15) is 5.10 Å². The Labute approximate surface area is 177 Å². The minimum absolute atomic E-state index is 0.0629. The zero-order valence-corrected chi connectivity index (χ0v) is 17.9. The standard InChI is InChI=1S/C21H31N7O2/c1-4-22-20(29)16-8-6-7-15(11-16)12-24-21(23-5-2)25-17-9-10-19-26-18(14-30-3)27-28(19)13-17/h6-8,11,17H,4-5,9-10,12-14H2,1-3H3,(H,22,29)(H2,23,24,25). The number of nitrogens with zero attached hydrogens (tertiary/aromatic N) is 4. The molecule has 0 aliphatic carbocycles. The minimum atomic E-state index is -0.0629. The summed E-state index contributed by atoms with van der Waals surface area (Å²) in [5, 5.41) is 14.2. The van der Waals surface area contributed by atoms with Gasteiger partial charge in [0.1, 0.15) is 12.4 Å². The normalized spacial score (nSPS) is 16.1. The van der Waals surface area contributed by atoms with E-state index in [4.69, 9.17) is 9.73 Å². The number of aliphatic imine (C=N–C) groups is 1. The monoisotopic (exact) mass is 413 g/mol. The van der Waals surface area contributed by atoms with Crippen molar-refractivity contribution in [3.8, 4) is 0 Å². The van der Waals surface area contributed by atoms with Crippen molar-refractivity contribution in [2.45, 2.75) is 52.4 Å². The van der Waals surface area contributed by atoms with Gasteiger partial charge in [-0.15, -0.1) is 0 Å². The van der Waals surface area contributed by atoms with E-state index in [0.29, 0.717) is 25.3 Å². The molecule has 3 rings (SSSR count). The molecule has 0 fully saturated rings. The van der Waals surface area contributed by atoms with Crippen LogP contribution in [0.2, 0.25) is 0 Å². The lowest BCUT2D eigenvalue weighted by Gasteiger charge is -2.25. The van der Waals surface area contributed by atoms with E-state index in [2.05, 4.69) is 26.0 Å². The summed E-state index contributed by atoms with van der Waals surface area (Å²) in [5.74, 6) is 2.42. The average molecular weight is 414 g/mol. The van der Waals surface area contributed by atoms with Crippen molar-refractivity contribution < 1.29 is 9.53 Å². The molecular formula is C21H31N7O2. The highest BCUT2D eigenvalue weighted by atomic mass is 16.5. The van der Waals surface area contributed by atoms with Gasteiger partial charge in [0.25, 0.3) is 5.91 Å². The number of carbonyl (C=O) groups is 1. The Morgan fingerprint density at radius 2 is 2.13 bits per heavy atom. The van der Waals surface area contributed by atoms with Crippen LogP contribution in [0.3, 0.4) is 0 Å². The zero-order chi connectivity index (χ0) is 21.3. The molecule has 162 valence electrons. The molecule has 9 heteroatoms. The molecule has 0 saturated carbocycles. The topological polar surface area (TPSA) is 105 Å². The fourth-order valence-corrected chi connectivity index (χ4v) is 3.43. The number of guanidine groups is 1. The molecule has 1 aliphatic heterocycles. The number of methoxy groups -OCH3 is 1. The Morgan fingerprint density at radius 1 is 1.30 bits per heavy atom. The van der Waals surface area contributed by atoms with Crippen LogP contribution in [0.5, 0.6) is 0 Å². The van der Waals surface area contributed by atoms with E-state index >= 15 is 0 Å². The lowest BCUT2D eigenvalue weighted by Crippen LogP contribution is -2.47. The lowest BCUT2D eigenvalue weighted by molar-refractivity contribution is 0.0955. The quantitative estimate of drug-likeness (QED) is 0.444. The first-order chi connectivity index (χ1) is 14.6. The van der Waals surface area contributed by atoms with Crippen LogP contribution in [0.4, 0.5) is 0 Å². The summed E-state index contributed by atoms with van der Waals surface area (Å²) < 4.78 is 7.08. The molecule has 0 saturated heterocycles. The summed E-state index contributed by atoms with van der Waals surface area (Å²) in [4.78, 5) is 21.3. The Hall–Kier alpha value is -2.94.